The molecular formula is C23H28N2O2S. The van der Waals surface area contributed by atoms with Crippen molar-refractivity contribution in [1.82, 2.24) is 8.87 Å². The molecule has 3 aromatic rings. The third kappa shape index (κ3) is 3.49. The van der Waals surface area contributed by atoms with Crippen molar-refractivity contribution in [2.75, 3.05) is 19.3 Å². The third-order valence-corrected chi connectivity index (χ3v) is 7.50. The summed E-state index contributed by atoms with van der Waals surface area (Å²) in [6.07, 6.45) is 3.07. The van der Waals surface area contributed by atoms with E-state index in [0.29, 0.717) is 19.0 Å². The fourth-order valence-electron chi connectivity index (χ4n) is 4.61. The number of nitrogens with zero attached hydrogens (tertiary/aromatic N) is 2. The van der Waals surface area contributed by atoms with Gasteiger partial charge in [0.25, 0.3) is 0 Å². The number of para-hydroxylation sites is 1. The first-order chi connectivity index (χ1) is 13.4. The molecule has 0 amide bonds. The second-order valence-corrected chi connectivity index (χ2v) is 9.95. The second-order valence-electron chi connectivity index (χ2n) is 7.97. The Labute approximate surface area is 167 Å². The van der Waals surface area contributed by atoms with Crippen LogP contribution in [0.1, 0.15) is 41.1 Å². The summed E-state index contributed by atoms with van der Waals surface area (Å²) in [7, 11) is -3.10. The van der Waals surface area contributed by atoms with E-state index in [1.807, 2.05) is 0 Å². The van der Waals surface area contributed by atoms with E-state index in [1.54, 1.807) is 4.31 Å². The van der Waals surface area contributed by atoms with Gasteiger partial charge in [0.2, 0.25) is 10.0 Å². The molecule has 0 aliphatic carbocycles. The largest absolute Gasteiger partial charge is 0.340 e. The molecule has 1 fully saturated rings. The Kier molecular flexibility index (Phi) is 5.06. The smallest absolute Gasteiger partial charge is 0.211 e. The molecule has 2 heterocycles. The predicted octanol–water partition coefficient (Wildman–Crippen LogP) is 4.45. The molecule has 1 aliphatic rings. The minimum atomic E-state index is -3.10. The van der Waals surface area contributed by atoms with Gasteiger partial charge in [0.15, 0.2) is 0 Å². The molecule has 148 valence electrons. The minimum Gasteiger partial charge on any atom is -0.340 e. The predicted molar refractivity (Wildman–Crippen MR) is 115 cm³/mol. The van der Waals surface area contributed by atoms with Crippen LogP contribution in [-0.2, 0) is 16.6 Å². The van der Waals surface area contributed by atoms with Crippen LogP contribution in [0.15, 0.2) is 48.5 Å². The Bertz CT molecular complexity index is 1110. The van der Waals surface area contributed by atoms with Gasteiger partial charge in [0, 0.05) is 36.2 Å². The van der Waals surface area contributed by atoms with Crippen LogP contribution < -0.4 is 0 Å². The van der Waals surface area contributed by atoms with E-state index in [0.717, 1.165) is 19.4 Å². The second kappa shape index (κ2) is 7.37. The Morgan fingerprint density at radius 1 is 0.964 bits per heavy atom. The zero-order valence-corrected chi connectivity index (χ0v) is 17.7. The van der Waals surface area contributed by atoms with Gasteiger partial charge < -0.3 is 4.57 Å². The first kappa shape index (κ1) is 19.2. The quantitative estimate of drug-likeness (QED) is 0.654. The van der Waals surface area contributed by atoms with Crippen molar-refractivity contribution in [2.45, 2.75) is 39.2 Å². The van der Waals surface area contributed by atoms with Crippen molar-refractivity contribution in [3.8, 4) is 0 Å². The Morgan fingerprint density at radius 2 is 1.61 bits per heavy atom. The molecule has 1 aliphatic heterocycles. The number of aryl methyl sites for hydroxylation is 1. The molecule has 2 aromatic carbocycles. The highest BCUT2D eigenvalue weighted by molar-refractivity contribution is 7.88. The maximum Gasteiger partial charge on any atom is 0.211 e. The number of benzene rings is 2. The average Bonchev–Trinajstić information content (AvgIpc) is 2.95. The van der Waals surface area contributed by atoms with Crippen molar-refractivity contribution in [2.24, 2.45) is 0 Å². The van der Waals surface area contributed by atoms with Crippen LogP contribution in [0, 0.1) is 13.8 Å². The number of fused-ring (bicyclic) bond motifs is 1. The summed E-state index contributed by atoms with van der Waals surface area (Å²) < 4.78 is 27.8. The molecule has 0 N–H and O–H groups in total. The number of hydrogen-bond acceptors (Lipinski definition) is 2. The van der Waals surface area contributed by atoms with Crippen molar-refractivity contribution in [3.05, 3.63) is 70.9 Å². The highest BCUT2D eigenvalue weighted by Crippen LogP contribution is 2.38. The highest BCUT2D eigenvalue weighted by atomic mass is 32.2. The lowest BCUT2D eigenvalue weighted by atomic mass is 9.88. The summed E-state index contributed by atoms with van der Waals surface area (Å²) in [5.74, 6) is 0.404. The van der Waals surface area contributed by atoms with E-state index in [-0.39, 0.29) is 0 Å². The van der Waals surface area contributed by atoms with Gasteiger partial charge in [-0.15, -0.1) is 0 Å². The van der Waals surface area contributed by atoms with Gasteiger partial charge in [0.05, 0.1) is 6.26 Å². The van der Waals surface area contributed by atoms with Crippen LogP contribution in [0.5, 0.6) is 0 Å². The fraction of sp³-hybridized carbons (Fsp3) is 0.391. The van der Waals surface area contributed by atoms with Gasteiger partial charge in [0.1, 0.15) is 0 Å². The van der Waals surface area contributed by atoms with Crippen molar-refractivity contribution in [3.63, 3.8) is 0 Å². The molecule has 0 radical (unpaired) electrons. The summed E-state index contributed by atoms with van der Waals surface area (Å²) in [5.41, 5.74) is 6.62. The van der Waals surface area contributed by atoms with Gasteiger partial charge >= 0.3 is 0 Å². The summed E-state index contributed by atoms with van der Waals surface area (Å²) in [4.78, 5) is 0. The van der Waals surface area contributed by atoms with Gasteiger partial charge in [-0.2, -0.15) is 0 Å². The number of sulfonamides is 1. The third-order valence-electron chi connectivity index (χ3n) is 6.20. The molecular weight excluding hydrogens is 368 g/mol. The van der Waals surface area contributed by atoms with Crippen LogP contribution >= 0.6 is 0 Å². The Morgan fingerprint density at radius 3 is 2.29 bits per heavy atom. The maximum atomic E-state index is 11.9. The summed E-state index contributed by atoms with van der Waals surface area (Å²) in [5, 5.41) is 1.31. The Balaban J connectivity index is 1.72. The van der Waals surface area contributed by atoms with Crippen molar-refractivity contribution in [1.29, 1.82) is 0 Å². The molecule has 0 bridgehead atoms. The number of aromatic nitrogens is 1. The molecule has 5 heteroatoms. The minimum absolute atomic E-state index is 0.404. The fourth-order valence-corrected chi connectivity index (χ4v) is 5.48. The monoisotopic (exact) mass is 396 g/mol. The first-order valence-electron chi connectivity index (χ1n) is 9.93. The summed E-state index contributed by atoms with van der Waals surface area (Å²) >= 11 is 0. The zero-order valence-electron chi connectivity index (χ0n) is 16.9. The average molecular weight is 397 g/mol. The van der Waals surface area contributed by atoms with Crippen molar-refractivity contribution < 1.29 is 8.42 Å². The number of rotatable bonds is 4. The Hall–Kier alpha value is -2.11. The number of piperidine rings is 1. The van der Waals surface area contributed by atoms with Crippen LogP contribution in [-0.4, -0.2) is 36.6 Å². The van der Waals surface area contributed by atoms with E-state index in [4.69, 9.17) is 0 Å². The lowest BCUT2D eigenvalue weighted by molar-refractivity contribution is 0.321. The highest BCUT2D eigenvalue weighted by Gasteiger charge is 2.29. The molecule has 4 rings (SSSR count). The van der Waals surface area contributed by atoms with E-state index < -0.39 is 10.0 Å². The van der Waals surface area contributed by atoms with Crippen LogP contribution in [0.4, 0.5) is 0 Å². The van der Waals surface area contributed by atoms with E-state index in [9.17, 15) is 8.42 Å². The SMILES string of the molecule is Cc1ccccc1Cn1c(C)c(C2CCN(S(C)(=O)=O)CC2)c2ccccc21. The van der Waals surface area contributed by atoms with Gasteiger partial charge in [-0.1, -0.05) is 42.5 Å². The van der Waals surface area contributed by atoms with E-state index >= 15 is 0 Å². The summed E-state index contributed by atoms with van der Waals surface area (Å²) in [6, 6.07) is 17.2. The first-order valence-corrected chi connectivity index (χ1v) is 11.8. The molecule has 1 aromatic heterocycles. The normalized spacial score (nSPS) is 16.7. The molecule has 0 spiro atoms. The molecule has 0 saturated carbocycles. The summed E-state index contributed by atoms with van der Waals surface area (Å²) in [6.45, 7) is 6.47. The number of hydrogen-bond donors (Lipinski definition) is 0. The van der Waals surface area contributed by atoms with Crippen LogP contribution in [0.3, 0.4) is 0 Å². The molecule has 4 nitrogen and oxygen atoms in total. The van der Waals surface area contributed by atoms with Gasteiger partial charge in [-0.25, -0.2) is 12.7 Å². The molecule has 0 unspecified atom stereocenters. The lowest BCUT2D eigenvalue weighted by Crippen LogP contribution is -2.37. The zero-order chi connectivity index (χ0) is 19.9. The maximum absolute atomic E-state index is 11.9. The van der Waals surface area contributed by atoms with E-state index in [1.165, 1.54) is 39.5 Å². The van der Waals surface area contributed by atoms with Crippen LogP contribution in [0.2, 0.25) is 0 Å². The molecule has 28 heavy (non-hydrogen) atoms. The van der Waals surface area contributed by atoms with Gasteiger partial charge in [-0.3, -0.25) is 0 Å². The van der Waals surface area contributed by atoms with Crippen molar-refractivity contribution >= 4 is 20.9 Å². The van der Waals surface area contributed by atoms with Gasteiger partial charge in [-0.05, 0) is 55.4 Å². The van der Waals surface area contributed by atoms with E-state index in [2.05, 4.69) is 66.9 Å². The lowest BCUT2D eigenvalue weighted by Gasteiger charge is -2.30. The topological polar surface area (TPSA) is 42.3 Å². The van der Waals surface area contributed by atoms with Crippen LogP contribution in [0.25, 0.3) is 10.9 Å². The standard InChI is InChI=1S/C23H28N2O2S/c1-17-8-4-5-9-20(17)16-25-18(2)23(21-10-6-7-11-22(21)25)19-12-14-24(15-13-19)28(3,26)27/h4-11,19H,12-16H2,1-3H3. The molecule has 0 atom stereocenters. The molecule has 1 saturated heterocycles.